The quantitative estimate of drug-likeness (QED) is 0.390. The molecule has 1 aromatic carbocycles. The van der Waals surface area contributed by atoms with Crippen molar-refractivity contribution in [2.75, 3.05) is 68.7 Å². The summed E-state index contributed by atoms with van der Waals surface area (Å²) in [6, 6.07) is 7.30. The van der Waals surface area contributed by atoms with Gasteiger partial charge in [0.2, 0.25) is 5.91 Å². The molecule has 0 saturated carbocycles. The van der Waals surface area contributed by atoms with Crippen molar-refractivity contribution in [1.29, 1.82) is 0 Å². The molecule has 1 amide bonds. The van der Waals surface area contributed by atoms with E-state index in [1.165, 1.54) is 82.4 Å². The number of piperazine rings is 2. The van der Waals surface area contributed by atoms with Crippen LogP contribution >= 0.6 is 0 Å². The normalized spacial score (nSPS) is 17.6. The Morgan fingerprint density at radius 2 is 1.38 bits per heavy atom. The van der Waals surface area contributed by atoms with Crippen LogP contribution in [0.3, 0.4) is 0 Å². The van der Waals surface area contributed by atoms with E-state index in [9.17, 15) is 4.79 Å². The first kappa shape index (κ1) is 26.8. The van der Waals surface area contributed by atoms with Crippen LogP contribution in [0.25, 0.3) is 0 Å². The van der Waals surface area contributed by atoms with Crippen LogP contribution in [0.2, 0.25) is 0 Å². The molecule has 0 unspecified atom stereocenters. The monoisotopic (exact) mass is 470 g/mol. The summed E-state index contributed by atoms with van der Waals surface area (Å²) in [6.07, 6.45) is 10.3. The molecule has 0 aliphatic carbocycles. The van der Waals surface area contributed by atoms with E-state index in [4.69, 9.17) is 0 Å². The number of carbonyl (C=O) groups excluding carboxylic acids is 1. The molecule has 0 bridgehead atoms. The van der Waals surface area contributed by atoms with Gasteiger partial charge in [0, 0.05) is 70.7 Å². The van der Waals surface area contributed by atoms with Crippen molar-refractivity contribution < 1.29 is 4.79 Å². The molecule has 0 radical (unpaired) electrons. The summed E-state index contributed by atoms with van der Waals surface area (Å²) in [5.41, 5.74) is 4.41. The van der Waals surface area contributed by atoms with Crippen LogP contribution in [0, 0.1) is 0 Å². The molecule has 2 aliphatic rings. The highest BCUT2D eigenvalue weighted by atomic mass is 16.2. The molecule has 5 nitrogen and oxygen atoms in total. The van der Waals surface area contributed by atoms with Gasteiger partial charge in [0.05, 0.1) is 0 Å². The molecular weight excluding hydrogens is 420 g/mol. The Bertz CT molecular complexity index is 728. The maximum absolute atomic E-state index is 11.8. The maximum atomic E-state index is 11.8. The van der Waals surface area contributed by atoms with Gasteiger partial charge in [-0.25, -0.2) is 0 Å². The molecule has 0 N–H and O–H groups in total. The second-order valence-electron chi connectivity index (χ2n) is 10.4. The number of benzene rings is 1. The van der Waals surface area contributed by atoms with Crippen molar-refractivity contribution in [3.63, 3.8) is 0 Å². The van der Waals surface area contributed by atoms with Gasteiger partial charge in [-0.1, -0.05) is 52.9 Å². The van der Waals surface area contributed by atoms with Gasteiger partial charge < -0.3 is 14.7 Å². The van der Waals surface area contributed by atoms with E-state index in [2.05, 4.69) is 53.7 Å². The van der Waals surface area contributed by atoms with E-state index < -0.39 is 0 Å². The number of hydrogen-bond acceptors (Lipinski definition) is 4. The Kier molecular flexibility index (Phi) is 11.0. The van der Waals surface area contributed by atoms with E-state index >= 15 is 0 Å². The lowest BCUT2D eigenvalue weighted by atomic mass is 9.87. The summed E-state index contributed by atoms with van der Waals surface area (Å²) in [7, 11) is 0. The Balaban J connectivity index is 1.82. The van der Waals surface area contributed by atoms with Gasteiger partial charge in [-0.3, -0.25) is 9.69 Å². The van der Waals surface area contributed by atoms with E-state index in [1.807, 2.05) is 4.90 Å². The smallest absolute Gasteiger partial charge is 0.219 e. The van der Waals surface area contributed by atoms with Crippen molar-refractivity contribution in [3.8, 4) is 0 Å². The highest BCUT2D eigenvalue weighted by Gasteiger charge is 2.25. The van der Waals surface area contributed by atoms with Gasteiger partial charge in [-0.15, -0.1) is 0 Å². The maximum Gasteiger partial charge on any atom is 0.219 e. The fraction of sp³-hybridized carbons (Fsp3) is 0.759. The molecule has 0 spiro atoms. The number of amides is 1. The average Bonchev–Trinajstić information content (AvgIpc) is 2.87. The summed E-state index contributed by atoms with van der Waals surface area (Å²) < 4.78 is 0. The first-order valence-corrected chi connectivity index (χ1v) is 14.2. The zero-order valence-electron chi connectivity index (χ0n) is 22.5. The van der Waals surface area contributed by atoms with E-state index in [0.29, 0.717) is 5.92 Å². The zero-order valence-corrected chi connectivity index (χ0v) is 22.5. The number of carbonyl (C=O) groups is 1. The molecule has 2 heterocycles. The van der Waals surface area contributed by atoms with Crippen molar-refractivity contribution in [3.05, 3.63) is 23.8 Å². The predicted octanol–water partition coefficient (Wildman–Crippen LogP) is 5.74. The molecular formula is C29H50N4O. The highest BCUT2D eigenvalue weighted by molar-refractivity contribution is 5.73. The Morgan fingerprint density at radius 1 is 0.794 bits per heavy atom. The third-order valence-corrected chi connectivity index (χ3v) is 7.89. The van der Waals surface area contributed by atoms with Crippen LogP contribution < -0.4 is 9.80 Å². The van der Waals surface area contributed by atoms with Crippen molar-refractivity contribution in [2.24, 2.45) is 0 Å². The Hall–Kier alpha value is -1.75. The minimum atomic E-state index is 0.202. The van der Waals surface area contributed by atoms with Gasteiger partial charge in [0.15, 0.2) is 0 Å². The van der Waals surface area contributed by atoms with Gasteiger partial charge in [-0.2, -0.15) is 0 Å². The largest absolute Gasteiger partial charge is 0.369 e. The number of anilines is 2. The molecule has 3 rings (SSSR count). The summed E-state index contributed by atoms with van der Waals surface area (Å²) >= 11 is 0. The minimum Gasteiger partial charge on any atom is -0.369 e. The molecule has 5 heteroatoms. The first-order valence-electron chi connectivity index (χ1n) is 14.2. The summed E-state index contributed by atoms with van der Waals surface area (Å²) in [5, 5.41) is 0. The second kappa shape index (κ2) is 14.0. The molecule has 192 valence electrons. The summed E-state index contributed by atoms with van der Waals surface area (Å²) in [6.45, 7) is 18.0. The van der Waals surface area contributed by atoms with Crippen LogP contribution in [-0.2, 0) is 4.79 Å². The average molecular weight is 471 g/mol. The van der Waals surface area contributed by atoms with E-state index in [0.717, 1.165) is 39.3 Å². The van der Waals surface area contributed by atoms with Gasteiger partial charge in [-0.05, 0) is 55.5 Å². The first-order chi connectivity index (χ1) is 16.6. The number of rotatable bonds is 12. The molecule has 2 saturated heterocycles. The molecule has 0 atom stereocenters. The van der Waals surface area contributed by atoms with E-state index in [1.54, 1.807) is 12.5 Å². The third kappa shape index (κ3) is 7.37. The summed E-state index contributed by atoms with van der Waals surface area (Å²) in [4.78, 5) is 21.6. The molecule has 2 aliphatic heterocycles. The van der Waals surface area contributed by atoms with Crippen LogP contribution in [0.15, 0.2) is 18.2 Å². The SMILES string of the molecule is CCCCC(CCCC)c1cc(N2CCN(C(C)=O)CC2)ccc1N1CCN(CCCC)CC1. The lowest BCUT2D eigenvalue weighted by molar-refractivity contribution is -0.129. The fourth-order valence-electron chi connectivity index (χ4n) is 5.58. The zero-order chi connectivity index (χ0) is 24.3. The van der Waals surface area contributed by atoms with Crippen molar-refractivity contribution in [1.82, 2.24) is 9.80 Å². The lowest BCUT2D eigenvalue weighted by Crippen LogP contribution is -2.48. The topological polar surface area (TPSA) is 30.0 Å². The summed E-state index contributed by atoms with van der Waals surface area (Å²) in [5.74, 6) is 0.847. The Morgan fingerprint density at radius 3 is 1.94 bits per heavy atom. The van der Waals surface area contributed by atoms with Crippen LogP contribution in [0.1, 0.15) is 90.5 Å². The molecule has 0 aromatic heterocycles. The van der Waals surface area contributed by atoms with Crippen LogP contribution in [0.5, 0.6) is 0 Å². The molecule has 2 fully saturated rings. The van der Waals surface area contributed by atoms with Crippen molar-refractivity contribution in [2.45, 2.75) is 85.0 Å². The predicted molar refractivity (Wildman–Crippen MR) is 146 cm³/mol. The number of nitrogens with zero attached hydrogens (tertiary/aromatic N) is 4. The number of unbranched alkanes of at least 4 members (excludes halogenated alkanes) is 3. The lowest BCUT2D eigenvalue weighted by Gasteiger charge is -2.39. The molecule has 1 aromatic rings. The van der Waals surface area contributed by atoms with Gasteiger partial charge in [0.1, 0.15) is 0 Å². The van der Waals surface area contributed by atoms with E-state index in [-0.39, 0.29) is 5.91 Å². The van der Waals surface area contributed by atoms with Crippen LogP contribution in [0.4, 0.5) is 11.4 Å². The Labute approximate surface area is 209 Å². The van der Waals surface area contributed by atoms with Gasteiger partial charge in [0.25, 0.3) is 0 Å². The highest BCUT2D eigenvalue weighted by Crippen LogP contribution is 2.38. The van der Waals surface area contributed by atoms with Gasteiger partial charge >= 0.3 is 0 Å². The third-order valence-electron chi connectivity index (χ3n) is 7.89. The molecule has 34 heavy (non-hydrogen) atoms. The second-order valence-corrected chi connectivity index (χ2v) is 10.4. The standard InChI is InChI=1S/C29H50N4O/c1-5-8-11-26(12-9-6-2)28-24-27(32-22-20-31(21-23-32)25(4)34)13-14-29(28)33-18-16-30(17-19-33)15-10-7-3/h13-14,24,26H,5-12,15-23H2,1-4H3. The number of hydrogen-bond donors (Lipinski definition) is 0. The van der Waals surface area contributed by atoms with Crippen molar-refractivity contribution >= 4 is 17.3 Å². The van der Waals surface area contributed by atoms with Crippen LogP contribution in [-0.4, -0.2) is 74.6 Å². The minimum absolute atomic E-state index is 0.202. The fourth-order valence-corrected chi connectivity index (χ4v) is 5.58.